The SMILES string of the molecule is CN(C)CC1=C(N)c2ccccc2C(=O)C1=O. The van der Waals surface area contributed by atoms with E-state index >= 15 is 0 Å². The lowest BCUT2D eigenvalue weighted by Gasteiger charge is -2.20. The highest BCUT2D eigenvalue weighted by atomic mass is 16.2. The summed E-state index contributed by atoms with van der Waals surface area (Å²) in [6.07, 6.45) is 0. The van der Waals surface area contributed by atoms with Crippen molar-refractivity contribution >= 4 is 17.3 Å². The van der Waals surface area contributed by atoms with Crippen LogP contribution in [0.15, 0.2) is 29.8 Å². The van der Waals surface area contributed by atoms with Gasteiger partial charge in [0.2, 0.25) is 11.6 Å². The summed E-state index contributed by atoms with van der Waals surface area (Å²) >= 11 is 0. The Morgan fingerprint density at radius 1 is 1.06 bits per heavy atom. The van der Waals surface area contributed by atoms with Crippen LogP contribution in [0.5, 0.6) is 0 Å². The number of carbonyl (C=O) groups is 2. The van der Waals surface area contributed by atoms with E-state index in [1.807, 2.05) is 25.1 Å². The second kappa shape index (κ2) is 4.14. The van der Waals surface area contributed by atoms with Crippen LogP contribution < -0.4 is 5.73 Å². The molecule has 0 radical (unpaired) electrons. The summed E-state index contributed by atoms with van der Waals surface area (Å²) in [7, 11) is 3.66. The molecule has 88 valence electrons. The molecule has 0 bridgehead atoms. The van der Waals surface area contributed by atoms with Crippen molar-refractivity contribution in [1.82, 2.24) is 4.90 Å². The predicted molar refractivity (Wildman–Crippen MR) is 65.4 cm³/mol. The molecule has 0 saturated carbocycles. The fourth-order valence-electron chi connectivity index (χ4n) is 1.93. The molecule has 17 heavy (non-hydrogen) atoms. The molecule has 0 unspecified atom stereocenters. The van der Waals surface area contributed by atoms with Crippen LogP contribution in [0.2, 0.25) is 0 Å². The number of likely N-dealkylation sites (N-methyl/N-ethyl adjacent to an activating group) is 1. The van der Waals surface area contributed by atoms with Crippen LogP contribution in [0.4, 0.5) is 0 Å². The minimum atomic E-state index is -0.491. The highest BCUT2D eigenvalue weighted by molar-refractivity contribution is 6.52. The largest absolute Gasteiger partial charge is 0.398 e. The van der Waals surface area contributed by atoms with Gasteiger partial charge in [0.25, 0.3) is 0 Å². The van der Waals surface area contributed by atoms with Gasteiger partial charge in [0.1, 0.15) is 0 Å². The van der Waals surface area contributed by atoms with E-state index in [9.17, 15) is 9.59 Å². The minimum absolute atomic E-state index is 0.380. The van der Waals surface area contributed by atoms with Gasteiger partial charge in [-0.15, -0.1) is 0 Å². The highest BCUT2D eigenvalue weighted by Crippen LogP contribution is 2.26. The van der Waals surface area contributed by atoms with Crippen LogP contribution in [0.1, 0.15) is 15.9 Å². The number of rotatable bonds is 2. The molecule has 1 aromatic carbocycles. The van der Waals surface area contributed by atoms with Crippen LogP contribution in [0, 0.1) is 0 Å². The number of hydrogen-bond acceptors (Lipinski definition) is 4. The smallest absolute Gasteiger partial charge is 0.233 e. The van der Waals surface area contributed by atoms with E-state index in [2.05, 4.69) is 0 Å². The van der Waals surface area contributed by atoms with E-state index in [4.69, 9.17) is 5.73 Å². The summed E-state index contributed by atoms with van der Waals surface area (Å²) in [6.45, 7) is 0.380. The molecule has 0 aliphatic heterocycles. The van der Waals surface area contributed by atoms with E-state index in [0.717, 1.165) is 0 Å². The Morgan fingerprint density at radius 3 is 2.24 bits per heavy atom. The number of ketones is 2. The third-order valence-electron chi connectivity index (χ3n) is 2.74. The molecular weight excluding hydrogens is 216 g/mol. The molecule has 0 spiro atoms. The second-order valence-electron chi connectivity index (χ2n) is 4.33. The fraction of sp³-hybridized carbons (Fsp3) is 0.231. The van der Waals surface area contributed by atoms with Crippen molar-refractivity contribution in [3.05, 3.63) is 41.0 Å². The molecule has 0 atom stereocenters. The normalized spacial score (nSPS) is 15.5. The van der Waals surface area contributed by atoms with Crippen molar-refractivity contribution in [1.29, 1.82) is 0 Å². The second-order valence-corrected chi connectivity index (χ2v) is 4.33. The summed E-state index contributed by atoms with van der Waals surface area (Å²) in [5, 5.41) is 0. The third kappa shape index (κ3) is 1.87. The van der Waals surface area contributed by atoms with Crippen molar-refractivity contribution < 1.29 is 9.59 Å². The van der Waals surface area contributed by atoms with Gasteiger partial charge in [0, 0.05) is 28.9 Å². The molecule has 2 N–H and O–H groups in total. The van der Waals surface area contributed by atoms with Gasteiger partial charge in [0.15, 0.2) is 0 Å². The average molecular weight is 230 g/mol. The van der Waals surface area contributed by atoms with E-state index in [1.54, 1.807) is 18.2 Å². The van der Waals surface area contributed by atoms with Gasteiger partial charge in [-0.25, -0.2) is 0 Å². The number of fused-ring (bicyclic) bond motifs is 1. The van der Waals surface area contributed by atoms with Crippen molar-refractivity contribution in [3.8, 4) is 0 Å². The summed E-state index contributed by atoms with van der Waals surface area (Å²) in [5.41, 5.74) is 7.84. The molecule has 1 aliphatic rings. The Balaban J connectivity index is 2.60. The molecule has 0 amide bonds. The first-order valence-corrected chi connectivity index (χ1v) is 5.34. The standard InChI is InChI=1S/C13H14N2O2/c1-15(2)7-10-11(14)8-5-3-4-6-9(8)12(16)13(10)17/h3-6H,7,14H2,1-2H3. The first-order valence-electron chi connectivity index (χ1n) is 5.34. The molecule has 4 heteroatoms. The highest BCUT2D eigenvalue weighted by Gasteiger charge is 2.31. The average Bonchev–Trinajstić information content (AvgIpc) is 2.31. The van der Waals surface area contributed by atoms with E-state index < -0.39 is 11.6 Å². The Kier molecular flexibility index (Phi) is 2.81. The number of nitrogens with zero attached hydrogens (tertiary/aromatic N) is 1. The van der Waals surface area contributed by atoms with Crippen LogP contribution >= 0.6 is 0 Å². The summed E-state index contributed by atoms with van der Waals surface area (Å²) < 4.78 is 0. The number of nitrogens with two attached hydrogens (primary N) is 1. The molecular formula is C13H14N2O2. The number of benzene rings is 1. The summed E-state index contributed by atoms with van der Waals surface area (Å²) in [6, 6.07) is 6.94. The predicted octanol–water partition coefficient (Wildman–Crippen LogP) is 0.683. The van der Waals surface area contributed by atoms with Gasteiger partial charge in [0.05, 0.1) is 0 Å². The quantitative estimate of drug-likeness (QED) is 0.759. The van der Waals surface area contributed by atoms with Crippen LogP contribution in [0.25, 0.3) is 5.70 Å². The lowest BCUT2D eigenvalue weighted by atomic mass is 9.87. The maximum Gasteiger partial charge on any atom is 0.233 e. The maximum absolute atomic E-state index is 11.9. The van der Waals surface area contributed by atoms with Crippen molar-refractivity contribution in [3.63, 3.8) is 0 Å². The maximum atomic E-state index is 11.9. The van der Waals surface area contributed by atoms with Crippen LogP contribution in [-0.4, -0.2) is 37.1 Å². The third-order valence-corrected chi connectivity index (χ3v) is 2.74. The zero-order chi connectivity index (χ0) is 12.6. The Hall–Kier alpha value is -1.94. The first kappa shape index (κ1) is 11.5. The van der Waals surface area contributed by atoms with Crippen molar-refractivity contribution in [2.45, 2.75) is 0 Å². The monoisotopic (exact) mass is 230 g/mol. The zero-order valence-corrected chi connectivity index (χ0v) is 9.86. The van der Waals surface area contributed by atoms with Gasteiger partial charge in [-0.2, -0.15) is 0 Å². The molecule has 0 saturated heterocycles. The lowest BCUT2D eigenvalue weighted by Crippen LogP contribution is -2.31. The number of Topliss-reactive ketones (excluding diaryl/α,β-unsaturated/α-hetero) is 2. The summed E-state index contributed by atoms with van der Waals surface area (Å²) in [5.74, 6) is -0.957. The first-order chi connectivity index (χ1) is 8.02. The fourth-order valence-corrected chi connectivity index (χ4v) is 1.93. The zero-order valence-electron chi connectivity index (χ0n) is 9.86. The van der Waals surface area contributed by atoms with E-state index in [0.29, 0.717) is 28.9 Å². The molecule has 0 aromatic heterocycles. The Labute approximate surface area is 99.7 Å². The topological polar surface area (TPSA) is 63.4 Å². The van der Waals surface area contributed by atoms with Gasteiger partial charge in [-0.1, -0.05) is 24.3 Å². The van der Waals surface area contributed by atoms with Gasteiger partial charge < -0.3 is 10.6 Å². The molecule has 2 rings (SSSR count). The Morgan fingerprint density at radius 2 is 1.65 bits per heavy atom. The van der Waals surface area contributed by atoms with Gasteiger partial charge >= 0.3 is 0 Å². The molecule has 1 aliphatic carbocycles. The van der Waals surface area contributed by atoms with Crippen LogP contribution in [-0.2, 0) is 4.79 Å². The van der Waals surface area contributed by atoms with Gasteiger partial charge in [-0.3, -0.25) is 9.59 Å². The molecule has 1 aromatic rings. The Bertz CT molecular complexity index is 530. The van der Waals surface area contributed by atoms with E-state index in [-0.39, 0.29) is 0 Å². The van der Waals surface area contributed by atoms with Crippen molar-refractivity contribution in [2.75, 3.05) is 20.6 Å². The summed E-state index contributed by atoms with van der Waals surface area (Å²) in [4.78, 5) is 25.6. The minimum Gasteiger partial charge on any atom is -0.398 e. The van der Waals surface area contributed by atoms with Crippen molar-refractivity contribution in [2.24, 2.45) is 5.73 Å². The molecule has 4 nitrogen and oxygen atoms in total. The lowest BCUT2D eigenvalue weighted by molar-refractivity contribution is -0.112. The van der Waals surface area contributed by atoms with E-state index in [1.165, 1.54) is 0 Å². The van der Waals surface area contributed by atoms with Gasteiger partial charge in [-0.05, 0) is 14.1 Å². The molecule has 0 fully saturated rings. The number of hydrogen-bond donors (Lipinski definition) is 1. The number of carbonyl (C=O) groups excluding carboxylic acids is 2. The molecule has 0 heterocycles. The van der Waals surface area contributed by atoms with Crippen LogP contribution in [0.3, 0.4) is 0 Å².